The number of aliphatic carboxylic acids is 1. The number of ether oxygens (including phenoxy) is 1. The van der Waals surface area contributed by atoms with Crippen molar-refractivity contribution in [3.8, 4) is 0 Å². The minimum atomic E-state index is -0.951. The van der Waals surface area contributed by atoms with Crippen molar-refractivity contribution in [3.05, 3.63) is 0 Å². The molecule has 1 heterocycles. The van der Waals surface area contributed by atoms with E-state index in [-0.39, 0.29) is 25.6 Å². The van der Waals surface area contributed by atoms with Crippen LogP contribution in [0.15, 0.2) is 0 Å². The zero-order valence-corrected chi connectivity index (χ0v) is 9.96. The number of hydrogen-bond donors (Lipinski definition) is 2. The minimum absolute atomic E-state index is 0.106. The monoisotopic (exact) mass is 245 g/mol. The maximum atomic E-state index is 12.0. The lowest BCUT2D eigenvalue weighted by Crippen LogP contribution is -2.43. The summed E-state index contributed by atoms with van der Waals surface area (Å²) in [6, 6.07) is 0. The molecule has 0 bridgehead atoms. The van der Waals surface area contributed by atoms with Crippen LogP contribution in [0.25, 0.3) is 0 Å². The van der Waals surface area contributed by atoms with Crippen LogP contribution in [0.4, 0.5) is 0 Å². The van der Waals surface area contributed by atoms with Crippen molar-refractivity contribution in [1.29, 1.82) is 0 Å². The summed E-state index contributed by atoms with van der Waals surface area (Å²) >= 11 is 0. The van der Waals surface area contributed by atoms with Gasteiger partial charge in [0.25, 0.3) is 5.91 Å². The molecule has 0 spiro atoms. The van der Waals surface area contributed by atoms with E-state index in [0.717, 1.165) is 6.42 Å². The summed E-state index contributed by atoms with van der Waals surface area (Å²) in [4.78, 5) is 24.1. The summed E-state index contributed by atoms with van der Waals surface area (Å²) in [6.45, 7) is 2.18. The molecule has 0 aromatic carbocycles. The van der Waals surface area contributed by atoms with Crippen LogP contribution >= 0.6 is 0 Å². The van der Waals surface area contributed by atoms with Gasteiger partial charge in [0.05, 0.1) is 12.5 Å². The fourth-order valence-corrected chi connectivity index (χ4v) is 1.80. The molecule has 2 atom stereocenters. The third-order valence-electron chi connectivity index (χ3n) is 2.80. The van der Waals surface area contributed by atoms with Gasteiger partial charge in [0.15, 0.2) is 0 Å². The van der Waals surface area contributed by atoms with Crippen LogP contribution in [0.5, 0.6) is 0 Å². The quantitative estimate of drug-likeness (QED) is 0.671. The van der Waals surface area contributed by atoms with Crippen molar-refractivity contribution in [2.45, 2.75) is 25.9 Å². The van der Waals surface area contributed by atoms with Crippen LogP contribution < -0.4 is 0 Å². The van der Waals surface area contributed by atoms with Gasteiger partial charge in [-0.3, -0.25) is 9.59 Å². The molecule has 0 aromatic rings. The van der Waals surface area contributed by atoms with E-state index in [4.69, 9.17) is 14.9 Å². The van der Waals surface area contributed by atoms with Gasteiger partial charge in [-0.25, -0.2) is 0 Å². The zero-order chi connectivity index (χ0) is 12.8. The molecule has 1 aliphatic heterocycles. The molecule has 0 aromatic heterocycles. The Labute approximate surface area is 100 Å². The molecule has 1 fully saturated rings. The van der Waals surface area contributed by atoms with Crippen molar-refractivity contribution in [3.63, 3.8) is 0 Å². The van der Waals surface area contributed by atoms with Gasteiger partial charge in [-0.1, -0.05) is 6.92 Å². The van der Waals surface area contributed by atoms with Crippen LogP contribution in [0, 0.1) is 5.92 Å². The Morgan fingerprint density at radius 3 is 2.71 bits per heavy atom. The summed E-state index contributed by atoms with van der Waals surface area (Å²) in [6.07, 6.45) is 1.04. The molecule has 1 aliphatic rings. The molecule has 1 rings (SSSR count). The Kier molecular flexibility index (Phi) is 5.37. The third kappa shape index (κ3) is 3.98. The van der Waals surface area contributed by atoms with Gasteiger partial charge in [0.1, 0.15) is 6.10 Å². The number of hydrogen-bond acceptors (Lipinski definition) is 4. The first-order chi connectivity index (χ1) is 8.06. The molecule has 6 nitrogen and oxygen atoms in total. The lowest BCUT2D eigenvalue weighted by molar-refractivity contribution is -0.146. The number of rotatable bonds is 6. The largest absolute Gasteiger partial charge is 0.481 e. The third-order valence-corrected chi connectivity index (χ3v) is 2.80. The molecular formula is C11H19NO5. The number of aliphatic hydroxyl groups is 1. The first-order valence-electron chi connectivity index (χ1n) is 5.80. The average Bonchev–Trinajstić information content (AvgIpc) is 2.80. The van der Waals surface area contributed by atoms with Gasteiger partial charge in [-0.15, -0.1) is 0 Å². The minimum Gasteiger partial charge on any atom is -0.481 e. The molecule has 6 heteroatoms. The van der Waals surface area contributed by atoms with E-state index in [1.54, 1.807) is 0 Å². The second-order valence-electron chi connectivity index (χ2n) is 4.25. The highest BCUT2D eigenvalue weighted by atomic mass is 16.5. The van der Waals surface area contributed by atoms with Gasteiger partial charge in [0.2, 0.25) is 0 Å². The van der Waals surface area contributed by atoms with E-state index in [1.807, 2.05) is 0 Å². The summed E-state index contributed by atoms with van der Waals surface area (Å²) in [5.41, 5.74) is 0. The number of nitrogens with zero attached hydrogens (tertiary/aromatic N) is 1. The van der Waals surface area contributed by atoms with Gasteiger partial charge in [-0.05, 0) is 12.8 Å². The van der Waals surface area contributed by atoms with Gasteiger partial charge < -0.3 is 19.8 Å². The number of amides is 1. The van der Waals surface area contributed by atoms with Crippen molar-refractivity contribution in [2.75, 3.05) is 26.3 Å². The molecular weight excluding hydrogens is 226 g/mol. The Morgan fingerprint density at radius 2 is 2.24 bits per heavy atom. The average molecular weight is 245 g/mol. The van der Waals surface area contributed by atoms with E-state index in [9.17, 15) is 9.59 Å². The van der Waals surface area contributed by atoms with Crippen LogP contribution in [-0.4, -0.2) is 59.4 Å². The van der Waals surface area contributed by atoms with Gasteiger partial charge >= 0.3 is 5.97 Å². The Hall–Kier alpha value is -1.14. The van der Waals surface area contributed by atoms with Crippen molar-refractivity contribution < 1.29 is 24.5 Å². The topological polar surface area (TPSA) is 87.1 Å². The maximum absolute atomic E-state index is 12.0. The van der Waals surface area contributed by atoms with E-state index >= 15 is 0 Å². The van der Waals surface area contributed by atoms with Gasteiger partial charge in [0, 0.05) is 19.7 Å². The number of carbonyl (C=O) groups excluding carboxylic acids is 1. The molecule has 2 N–H and O–H groups in total. The summed E-state index contributed by atoms with van der Waals surface area (Å²) in [5.74, 6) is -1.82. The maximum Gasteiger partial charge on any atom is 0.308 e. The highest BCUT2D eigenvalue weighted by molar-refractivity contribution is 5.82. The molecule has 17 heavy (non-hydrogen) atoms. The van der Waals surface area contributed by atoms with Crippen LogP contribution in [0.3, 0.4) is 0 Å². The molecule has 0 saturated carbocycles. The normalized spacial score (nSPS) is 21.2. The van der Waals surface area contributed by atoms with Crippen LogP contribution in [0.1, 0.15) is 19.8 Å². The van der Waals surface area contributed by atoms with Crippen LogP contribution in [0.2, 0.25) is 0 Å². The summed E-state index contributed by atoms with van der Waals surface area (Å²) < 4.78 is 5.26. The first-order valence-corrected chi connectivity index (χ1v) is 5.80. The summed E-state index contributed by atoms with van der Waals surface area (Å²) in [5, 5.41) is 17.7. The lowest BCUT2D eigenvalue weighted by atomic mass is 10.1. The first kappa shape index (κ1) is 13.9. The van der Waals surface area contributed by atoms with Crippen molar-refractivity contribution in [1.82, 2.24) is 4.90 Å². The standard InChI is InChI=1S/C11H19NO5/c1-8(11(15)16)7-12(4-5-13)10(14)9-3-2-6-17-9/h8-9,13H,2-7H2,1H3,(H,15,16). The molecule has 98 valence electrons. The van der Waals surface area contributed by atoms with E-state index in [1.165, 1.54) is 11.8 Å². The fourth-order valence-electron chi connectivity index (χ4n) is 1.80. The predicted molar refractivity (Wildman–Crippen MR) is 59.4 cm³/mol. The molecule has 0 radical (unpaired) electrons. The zero-order valence-electron chi connectivity index (χ0n) is 9.96. The number of carbonyl (C=O) groups is 2. The molecule has 2 unspecified atom stereocenters. The smallest absolute Gasteiger partial charge is 0.308 e. The highest BCUT2D eigenvalue weighted by Gasteiger charge is 2.29. The van der Waals surface area contributed by atoms with Crippen molar-refractivity contribution >= 4 is 11.9 Å². The van der Waals surface area contributed by atoms with Crippen LogP contribution in [-0.2, 0) is 14.3 Å². The van der Waals surface area contributed by atoms with Gasteiger partial charge in [-0.2, -0.15) is 0 Å². The summed E-state index contributed by atoms with van der Waals surface area (Å²) in [7, 11) is 0. The molecule has 1 saturated heterocycles. The van der Waals surface area contributed by atoms with E-state index in [2.05, 4.69) is 0 Å². The number of aliphatic hydroxyl groups excluding tert-OH is 1. The number of carboxylic acid groups (broad SMARTS) is 1. The Bertz CT molecular complexity index is 275. The second kappa shape index (κ2) is 6.56. The highest BCUT2D eigenvalue weighted by Crippen LogP contribution is 2.15. The SMILES string of the molecule is CC(CN(CCO)C(=O)C1CCCO1)C(=O)O. The predicted octanol–water partition coefficient (Wildman–Crippen LogP) is -0.293. The second-order valence-corrected chi connectivity index (χ2v) is 4.25. The van der Waals surface area contributed by atoms with E-state index in [0.29, 0.717) is 13.0 Å². The van der Waals surface area contributed by atoms with Crippen molar-refractivity contribution in [2.24, 2.45) is 5.92 Å². The van der Waals surface area contributed by atoms with E-state index < -0.39 is 18.0 Å². The molecule has 1 amide bonds. The number of carboxylic acids is 1. The lowest BCUT2D eigenvalue weighted by Gasteiger charge is -2.26. The fraction of sp³-hybridized carbons (Fsp3) is 0.818. The Morgan fingerprint density at radius 1 is 1.53 bits per heavy atom. The molecule has 0 aliphatic carbocycles. The Balaban J connectivity index is 2.57.